The molecule has 0 unspecified atom stereocenters. The summed E-state index contributed by atoms with van der Waals surface area (Å²) in [5.41, 5.74) is 6.95. The van der Waals surface area contributed by atoms with Gasteiger partial charge in [-0.15, -0.1) is 0 Å². The Balaban J connectivity index is 1.43. The van der Waals surface area contributed by atoms with Gasteiger partial charge in [-0.3, -0.25) is 4.68 Å². The van der Waals surface area contributed by atoms with Gasteiger partial charge in [0.15, 0.2) is 0 Å². The van der Waals surface area contributed by atoms with Crippen LogP contribution in [0, 0.1) is 5.41 Å². The van der Waals surface area contributed by atoms with Gasteiger partial charge in [0.05, 0.1) is 18.4 Å². The number of ether oxygens (including phenoxy) is 1. The molecule has 2 fully saturated rings. The zero-order chi connectivity index (χ0) is 11.7. The van der Waals surface area contributed by atoms with Crippen LogP contribution in [0.4, 0.5) is 5.69 Å². The Morgan fingerprint density at radius 2 is 2.06 bits per heavy atom. The molecular weight excluding hydrogens is 216 g/mol. The average Bonchev–Trinajstić information content (AvgIpc) is 2.71. The number of nitrogens with zero attached hydrogens (tertiary/aromatic N) is 3. The number of hydrogen-bond acceptors (Lipinski definition) is 4. The number of nitrogens with two attached hydrogens (primary N) is 1. The molecule has 1 aromatic rings. The molecule has 1 spiro atoms. The van der Waals surface area contributed by atoms with Gasteiger partial charge in [0.25, 0.3) is 0 Å². The Kier molecular flexibility index (Phi) is 2.80. The van der Waals surface area contributed by atoms with Crippen molar-refractivity contribution in [3.63, 3.8) is 0 Å². The Bertz CT molecular complexity index is 376. The monoisotopic (exact) mass is 236 g/mol. The second-order valence-electron chi connectivity index (χ2n) is 5.36. The van der Waals surface area contributed by atoms with E-state index in [0.717, 1.165) is 32.0 Å². The fourth-order valence-electron chi connectivity index (χ4n) is 2.93. The van der Waals surface area contributed by atoms with Crippen LogP contribution in [0.2, 0.25) is 0 Å². The van der Waals surface area contributed by atoms with Crippen molar-refractivity contribution < 1.29 is 4.74 Å². The molecule has 1 aromatic heterocycles. The molecular formula is C12H20N4O. The summed E-state index contributed by atoms with van der Waals surface area (Å²) in [5, 5.41) is 4.20. The van der Waals surface area contributed by atoms with E-state index in [-0.39, 0.29) is 0 Å². The van der Waals surface area contributed by atoms with E-state index >= 15 is 0 Å². The van der Waals surface area contributed by atoms with Crippen LogP contribution in [0.25, 0.3) is 0 Å². The molecule has 2 aliphatic heterocycles. The number of hydrogen-bond donors (Lipinski definition) is 1. The van der Waals surface area contributed by atoms with Crippen LogP contribution >= 0.6 is 0 Å². The molecule has 5 heteroatoms. The van der Waals surface area contributed by atoms with Crippen LogP contribution < -0.4 is 5.73 Å². The first-order valence-corrected chi connectivity index (χ1v) is 6.34. The van der Waals surface area contributed by atoms with Gasteiger partial charge in [0.2, 0.25) is 0 Å². The highest BCUT2D eigenvalue weighted by atomic mass is 16.5. The minimum absolute atomic E-state index is 0.571. The van der Waals surface area contributed by atoms with E-state index in [1.165, 1.54) is 25.9 Å². The minimum atomic E-state index is 0.571. The summed E-state index contributed by atoms with van der Waals surface area (Å²) < 4.78 is 7.34. The summed E-state index contributed by atoms with van der Waals surface area (Å²) in [4.78, 5) is 2.50. The highest BCUT2D eigenvalue weighted by molar-refractivity contribution is 5.30. The largest absolute Gasteiger partial charge is 0.396 e. The first-order valence-electron chi connectivity index (χ1n) is 6.34. The zero-order valence-corrected chi connectivity index (χ0v) is 10.1. The molecule has 3 rings (SSSR count). The smallest absolute Gasteiger partial charge is 0.0719 e. The summed E-state index contributed by atoms with van der Waals surface area (Å²) in [7, 11) is 0. The number of nitrogen functional groups attached to an aromatic ring is 1. The zero-order valence-electron chi connectivity index (χ0n) is 10.1. The fourth-order valence-corrected chi connectivity index (χ4v) is 2.93. The Labute approximate surface area is 102 Å². The maximum atomic E-state index is 5.63. The van der Waals surface area contributed by atoms with Crippen molar-refractivity contribution in [1.82, 2.24) is 14.7 Å². The topological polar surface area (TPSA) is 56.3 Å². The van der Waals surface area contributed by atoms with E-state index in [0.29, 0.717) is 5.41 Å². The molecule has 2 aliphatic rings. The molecule has 0 aromatic carbocycles. The van der Waals surface area contributed by atoms with Crippen LogP contribution in [0.5, 0.6) is 0 Å². The predicted molar refractivity (Wildman–Crippen MR) is 65.6 cm³/mol. The van der Waals surface area contributed by atoms with Gasteiger partial charge < -0.3 is 15.4 Å². The highest BCUT2D eigenvalue weighted by Crippen LogP contribution is 2.39. The Morgan fingerprint density at radius 1 is 1.29 bits per heavy atom. The molecule has 0 aliphatic carbocycles. The lowest BCUT2D eigenvalue weighted by Gasteiger charge is -2.52. The molecule has 0 amide bonds. The van der Waals surface area contributed by atoms with Crippen molar-refractivity contribution in [2.45, 2.75) is 19.4 Å². The normalized spacial score (nSPS) is 23.8. The van der Waals surface area contributed by atoms with Gasteiger partial charge in [-0.2, -0.15) is 5.10 Å². The second kappa shape index (κ2) is 4.31. The summed E-state index contributed by atoms with van der Waals surface area (Å²) in [6.07, 6.45) is 6.07. The quantitative estimate of drug-likeness (QED) is 0.834. The molecule has 2 saturated heterocycles. The van der Waals surface area contributed by atoms with Gasteiger partial charge in [0.1, 0.15) is 0 Å². The maximum absolute atomic E-state index is 5.63. The standard InChI is InChI=1S/C12H20N4O/c13-11-7-14-16(8-11)4-3-15-9-12(10-15)1-5-17-6-2-12/h7-8H,1-6,9-10,13H2. The third kappa shape index (κ3) is 2.30. The van der Waals surface area contributed by atoms with E-state index in [1.54, 1.807) is 6.20 Å². The number of aromatic nitrogens is 2. The van der Waals surface area contributed by atoms with Crippen LogP contribution in [0.15, 0.2) is 12.4 Å². The lowest BCUT2D eigenvalue weighted by molar-refractivity contribution is -0.0813. The van der Waals surface area contributed by atoms with Crippen molar-refractivity contribution in [3.8, 4) is 0 Å². The van der Waals surface area contributed by atoms with Crippen molar-refractivity contribution in [3.05, 3.63) is 12.4 Å². The SMILES string of the molecule is Nc1cnn(CCN2CC3(CCOCC3)C2)c1. The molecule has 94 valence electrons. The summed E-state index contributed by atoms with van der Waals surface area (Å²) in [5.74, 6) is 0. The second-order valence-corrected chi connectivity index (χ2v) is 5.36. The Hall–Kier alpha value is -1.07. The van der Waals surface area contributed by atoms with Gasteiger partial charge in [-0.05, 0) is 12.8 Å². The van der Waals surface area contributed by atoms with Crippen molar-refractivity contribution in [1.29, 1.82) is 0 Å². The summed E-state index contributed by atoms with van der Waals surface area (Å²) in [6.45, 7) is 6.36. The Morgan fingerprint density at radius 3 is 2.71 bits per heavy atom. The molecule has 0 saturated carbocycles. The van der Waals surface area contributed by atoms with Crippen LogP contribution in [0.3, 0.4) is 0 Å². The lowest BCUT2D eigenvalue weighted by Crippen LogP contribution is -2.58. The average molecular weight is 236 g/mol. The summed E-state index contributed by atoms with van der Waals surface area (Å²) >= 11 is 0. The first-order chi connectivity index (χ1) is 8.26. The van der Waals surface area contributed by atoms with Gasteiger partial charge in [-0.1, -0.05) is 0 Å². The van der Waals surface area contributed by atoms with Crippen molar-refractivity contribution in [2.75, 3.05) is 38.6 Å². The van der Waals surface area contributed by atoms with Gasteiger partial charge >= 0.3 is 0 Å². The number of anilines is 1. The van der Waals surface area contributed by atoms with E-state index in [1.807, 2.05) is 10.9 Å². The third-order valence-corrected chi connectivity index (χ3v) is 3.97. The van der Waals surface area contributed by atoms with E-state index in [4.69, 9.17) is 10.5 Å². The van der Waals surface area contributed by atoms with Crippen LogP contribution in [-0.4, -0.2) is 47.5 Å². The molecule has 0 bridgehead atoms. The molecule has 2 N–H and O–H groups in total. The molecule has 3 heterocycles. The van der Waals surface area contributed by atoms with Crippen LogP contribution in [-0.2, 0) is 11.3 Å². The van der Waals surface area contributed by atoms with Gasteiger partial charge in [0, 0.05) is 44.5 Å². The molecule has 5 nitrogen and oxygen atoms in total. The van der Waals surface area contributed by atoms with Crippen LogP contribution in [0.1, 0.15) is 12.8 Å². The third-order valence-electron chi connectivity index (χ3n) is 3.97. The van der Waals surface area contributed by atoms with Crippen molar-refractivity contribution >= 4 is 5.69 Å². The predicted octanol–water partition coefficient (Wildman–Crippen LogP) is 0.578. The number of rotatable bonds is 3. The van der Waals surface area contributed by atoms with E-state index in [2.05, 4.69) is 10.00 Å². The van der Waals surface area contributed by atoms with E-state index < -0.39 is 0 Å². The minimum Gasteiger partial charge on any atom is -0.396 e. The maximum Gasteiger partial charge on any atom is 0.0719 e. The molecule has 0 atom stereocenters. The fraction of sp³-hybridized carbons (Fsp3) is 0.750. The van der Waals surface area contributed by atoms with Crippen molar-refractivity contribution in [2.24, 2.45) is 5.41 Å². The summed E-state index contributed by atoms with van der Waals surface area (Å²) in [6, 6.07) is 0. The number of likely N-dealkylation sites (tertiary alicyclic amines) is 1. The molecule has 17 heavy (non-hydrogen) atoms. The van der Waals surface area contributed by atoms with Gasteiger partial charge in [-0.25, -0.2) is 0 Å². The highest BCUT2D eigenvalue weighted by Gasteiger charge is 2.43. The lowest BCUT2D eigenvalue weighted by atomic mass is 9.73. The molecule has 0 radical (unpaired) electrons. The van der Waals surface area contributed by atoms with E-state index in [9.17, 15) is 0 Å². The first kappa shape index (κ1) is 11.0.